The lowest BCUT2D eigenvalue weighted by molar-refractivity contribution is -0.115. The fraction of sp³-hybridized carbons (Fsp3) is 0.227. The van der Waals surface area contributed by atoms with Crippen LogP contribution in [0.25, 0.3) is 0 Å². The van der Waals surface area contributed by atoms with Crippen molar-refractivity contribution < 1.29 is 13.9 Å². The Kier molecular flexibility index (Phi) is 8.84. The minimum Gasteiger partial charge on any atom is -0.489 e. The number of halogens is 3. The van der Waals surface area contributed by atoms with Crippen molar-refractivity contribution in [2.45, 2.75) is 26.4 Å². The van der Waals surface area contributed by atoms with E-state index in [0.29, 0.717) is 21.8 Å². The summed E-state index contributed by atoms with van der Waals surface area (Å²) in [5.41, 5.74) is 1.95. The molecule has 32 heavy (non-hydrogen) atoms. The van der Waals surface area contributed by atoms with Crippen molar-refractivity contribution in [2.24, 2.45) is 12.0 Å². The van der Waals surface area contributed by atoms with E-state index in [1.54, 1.807) is 41.3 Å². The number of benzene rings is 2. The summed E-state index contributed by atoms with van der Waals surface area (Å²) in [6.45, 7) is 3.70. The van der Waals surface area contributed by atoms with Gasteiger partial charge in [0.2, 0.25) is 5.91 Å². The Morgan fingerprint density at radius 3 is 2.66 bits per heavy atom. The molecule has 1 N–H and O–H groups in total. The Morgan fingerprint density at radius 2 is 2.03 bits per heavy atom. The Bertz CT molecular complexity index is 1210. The summed E-state index contributed by atoms with van der Waals surface area (Å²) in [5, 5.41) is 13.6. The molecule has 6 nitrogen and oxygen atoms in total. The van der Waals surface area contributed by atoms with Crippen molar-refractivity contribution in [3.8, 4) is 11.8 Å². The van der Waals surface area contributed by atoms with Crippen LogP contribution in [0.3, 0.4) is 0 Å². The second-order valence-corrected chi connectivity index (χ2v) is 8.24. The van der Waals surface area contributed by atoms with E-state index < -0.39 is 5.82 Å². The van der Waals surface area contributed by atoms with E-state index in [-0.39, 0.29) is 41.5 Å². The minimum atomic E-state index is -0.561. The van der Waals surface area contributed by atoms with E-state index >= 15 is 0 Å². The normalized spacial score (nSPS) is 11.1. The van der Waals surface area contributed by atoms with Crippen molar-refractivity contribution in [3.63, 3.8) is 0 Å². The lowest BCUT2D eigenvalue weighted by Crippen LogP contribution is -2.19. The Hall–Kier alpha value is -2.86. The molecule has 10 heteroatoms. The third-order valence-corrected chi connectivity index (χ3v) is 5.50. The molecule has 2 aromatic carbocycles. The number of ether oxygens (including phenoxy) is 1. The third kappa shape index (κ3) is 6.33. The monoisotopic (exact) mass is 494 g/mol. The molecule has 3 aromatic rings. The molecular weight excluding hydrogens is 474 g/mol. The first kappa shape index (κ1) is 25.4. The standard InChI is InChI=1S/C22H20ClFN4O2S.ClH/c1-13(2)30-20-10-19(18(24)9-17(20)23)27-22-28(3)16(12-31-22)8-21(29)26-15-6-4-14(11-25)5-7-15;/h4-7,9-10,12-13H,8H2,1-3H3,(H,26,29);1H. The molecule has 0 spiro atoms. The van der Waals surface area contributed by atoms with Gasteiger partial charge >= 0.3 is 0 Å². The molecule has 0 saturated heterocycles. The first-order valence-electron chi connectivity index (χ1n) is 9.40. The molecule has 0 bridgehead atoms. The zero-order valence-electron chi connectivity index (χ0n) is 17.6. The van der Waals surface area contributed by atoms with Crippen LogP contribution in [0.15, 0.2) is 46.8 Å². The quantitative estimate of drug-likeness (QED) is 0.499. The van der Waals surface area contributed by atoms with Crippen molar-refractivity contribution in [1.82, 2.24) is 4.57 Å². The second-order valence-electron chi connectivity index (χ2n) is 7.00. The van der Waals surface area contributed by atoms with Crippen LogP contribution >= 0.6 is 35.3 Å². The van der Waals surface area contributed by atoms with Crippen LogP contribution in [0.2, 0.25) is 5.02 Å². The maximum absolute atomic E-state index is 14.4. The number of carbonyl (C=O) groups is 1. The number of carbonyl (C=O) groups excluding carboxylic acids is 1. The number of nitrogens with one attached hydrogen (secondary N) is 1. The molecule has 0 unspecified atom stereocenters. The number of thiazole rings is 1. The lowest BCUT2D eigenvalue weighted by Gasteiger charge is -2.12. The van der Waals surface area contributed by atoms with Gasteiger partial charge in [0.05, 0.1) is 29.2 Å². The van der Waals surface area contributed by atoms with E-state index in [9.17, 15) is 9.18 Å². The summed E-state index contributed by atoms with van der Waals surface area (Å²) >= 11 is 7.35. The van der Waals surface area contributed by atoms with Crippen LogP contribution in [0.4, 0.5) is 15.8 Å². The first-order chi connectivity index (χ1) is 14.8. The molecule has 0 aliphatic heterocycles. The van der Waals surface area contributed by atoms with Gasteiger partial charge < -0.3 is 14.6 Å². The van der Waals surface area contributed by atoms with Crippen LogP contribution in [-0.4, -0.2) is 16.6 Å². The van der Waals surface area contributed by atoms with Gasteiger partial charge in [-0.25, -0.2) is 9.38 Å². The smallest absolute Gasteiger partial charge is 0.230 e. The van der Waals surface area contributed by atoms with Gasteiger partial charge in [0.15, 0.2) is 10.6 Å². The van der Waals surface area contributed by atoms with Crippen molar-refractivity contribution in [3.05, 3.63) is 68.7 Å². The van der Waals surface area contributed by atoms with Gasteiger partial charge in [0, 0.05) is 29.9 Å². The van der Waals surface area contributed by atoms with Crippen LogP contribution in [0.1, 0.15) is 25.1 Å². The molecule has 1 aromatic heterocycles. The highest BCUT2D eigenvalue weighted by molar-refractivity contribution is 7.07. The molecule has 0 aliphatic rings. The fourth-order valence-electron chi connectivity index (χ4n) is 2.71. The molecule has 3 rings (SSSR count). The van der Waals surface area contributed by atoms with E-state index in [4.69, 9.17) is 21.6 Å². The highest BCUT2D eigenvalue weighted by Crippen LogP contribution is 2.32. The van der Waals surface area contributed by atoms with E-state index in [0.717, 1.165) is 5.69 Å². The minimum absolute atomic E-state index is 0. The van der Waals surface area contributed by atoms with Crippen LogP contribution in [0.5, 0.6) is 5.75 Å². The van der Waals surface area contributed by atoms with Crippen molar-refractivity contribution >= 4 is 52.6 Å². The highest BCUT2D eigenvalue weighted by atomic mass is 35.5. The lowest BCUT2D eigenvalue weighted by atomic mass is 10.2. The SMILES string of the molecule is CC(C)Oc1cc(N=c2scc(CC(=O)Nc3ccc(C#N)cc3)n2C)c(F)cc1Cl.Cl. The van der Waals surface area contributed by atoms with Gasteiger partial charge in [0.1, 0.15) is 11.4 Å². The number of anilines is 1. The first-order valence-corrected chi connectivity index (χ1v) is 10.7. The summed E-state index contributed by atoms with van der Waals surface area (Å²) in [4.78, 5) is 17.3. The Balaban J connectivity index is 0.00000363. The van der Waals surface area contributed by atoms with E-state index in [1.807, 2.05) is 19.9 Å². The predicted octanol–water partition coefficient (Wildman–Crippen LogP) is 5.37. The third-order valence-electron chi connectivity index (χ3n) is 4.24. The molecule has 0 fully saturated rings. The van der Waals surface area contributed by atoms with Crippen molar-refractivity contribution in [2.75, 3.05) is 5.32 Å². The fourth-order valence-corrected chi connectivity index (χ4v) is 3.82. The number of hydrogen-bond donors (Lipinski definition) is 1. The molecular formula is C22H21Cl2FN4O2S. The van der Waals surface area contributed by atoms with Crippen LogP contribution in [-0.2, 0) is 18.3 Å². The zero-order chi connectivity index (χ0) is 22.5. The molecule has 0 saturated carbocycles. The van der Waals surface area contributed by atoms with Crippen LogP contribution < -0.4 is 14.9 Å². The van der Waals surface area contributed by atoms with Gasteiger partial charge in [-0.05, 0) is 44.2 Å². The van der Waals surface area contributed by atoms with E-state index in [1.165, 1.54) is 23.5 Å². The molecule has 168 valence electrons. The summed E-state index contributed by atoms with van der Waals surface area (Å²) in [6, 6.07) is 11.3. The largest absolute Gasteiger partial charge is 0.489 e. The van der Waals surface area contributed by atoms with Gasteiger partial charge in [-0.2, -0.15) is 5.26 Å². The maximum atomic E-state index is 14.4. The molecule has 1 amide bonds. The molecule has 0 atom stereocenters. The number of rotatable bonds is 6. The maximum Gasteiger partial charge on any atom is 0.230 e. The van der Waals surface area contributed by atoms with Crippen molar-refractivity contribution in [1.29, 1.82) is 5.26 Å². The number of nitriles is 1. The van der Waals surface area contributed by atoms with Gasteiger partial charge in [-0.1, -0.05) is 11.6 Å². The van der Waals surface area contributed by atoms with Crippen LogP contribution in [0, 0.1) is 17.1 Å². The number of aromatic nitrogens is 1. The summed E-state index contributed by atoms with van der Waals surface area (Å²) in [5.74, 6) is -0.414. The van der Waals surface area contributed by atoms with E-state index in [2.05, 4.69) is 10.3 Å². The Morgan fingerprint density at radius 1 is 1.34 bits per heavy atom. The highest BCUT2D eigenvalue weighted by Gasteiger charge is 2.13. The number of amides is 1. The predicted molar refractivity (Wildman–Crippen MR) is 126 cm³/mol. The van der Waals surface area contributed by atoms with Gasteiger partial charge in [0.25, 0.3) is 0 Å². The number of hydrogen-bond acceptors (Lipinski definition) is 5. The summed E-state index contributed by atoms with van der Waals surface area (Å²) in [6.07, 6.45) is 0.00253. The zero-order valence-corrected chi connectivity index (χ0v) is 19.9. The molecule has 0 radical (unpaired) electrons. The van der Waals surface area contributed by atoms with Gasteiger partial charge in [-0.15, -0.1) is 23.7 Å². The summed E-state index contributed by atoms with van der Waals surface area (Å²) < 4.78 is 21.7. The topological polar surface area (TPSA) is 79.4 Å². The number of nitrogens with zero attached hydrogens (tertiary/aromatic N) is 3. The molecule has 1 heterocycles. The second kappa shape index (κ2) is 11.1. The van der Waals surface area contributed by atoms with Gasteiger partial charge in [-0.3, -0.25) is 4.79 Å². The average Bonchev–Trinajstić information content (AvgIpc) is 3.05. The average molecular weight is 495 g/mol. The Labute approximate surface area is 200 Å². The summed E-state index contributed by atoms with van der Waals surface area (Å²) in [7, 11) is 1.76. The molecule has 0 aliphatic carbocycles.